The molecule has 0 aliphatic carbocycles. The van der Waals surface area contributed by atoms with Crippen molar-refractivity contribution < 1.29 is 80.5 Å². The summed E-state index contributed by atoms with van der Waals surface area (Å²) < 4.78 is 64.6. The molecule has 1 aromatic carbocycles. The van der Waals surface area contributed by atoms with Crippen molar-refractivity contribution in [3.05, 3.63) is 63.1 Å². The SMILES string of the molecule is CC1=NO[C@@]2(CC[C@H](C)N3CC2n2cc(C(=O)NCc4ccc(F)cc4F)c(=O)c(OCOC(=O)OCC(C)(C)CN(CC(=O)O)C(=O)OCOP(=O)(O)O)c2C3=O)C1. The van der Waals surface area contributed by atoms with Gasteiger partial charge in [-0.2, -0.15) is 0 Å². The van der Waals surface area contributed by atoms with Crippen molar-refractivity contribution in [2.75, 3.05) is 39.8 Å². The van der Waals surface area contributed by atoms with Crippen LogP contribution in [0.2, 0.25) is 0 Å². The van der Waals surface area contributed by atoms with Crippen molar-refractivity contribution in [2.24, 2.45) is 10.6 Å². The lowest BCUT2D eigenvalue weighted by Crippen LogP contribution is -2.52. The smallest absolute Gasteiger partial charge is 0.480 e. The number of aromatic nitrogens is 1. The number of rotatable bonds is 15. The average Bonchev–Trinajstić information content (AvgIpc) is 3.47. The molecular weight excluding hydrogens is 815 g/mol. The van der Waals surface area contributed by atoms with Gasteiger partial charge in [0, 0.05) is 55.3 Å². The second kappa shape index (κ2) is 17.7. The first-order valence-electron chi connectivity index (χ1n) is 17.9. The molecule has 1 spiro atoms. The zero-order valence-electron chi connectivity index (χ0n) is 32.2. The van der Waals surface area contributed by atoms with Crippen LogP contribution in [-0.2, 0) is 39.5 Å². The van der Waals surface area contributed by atoms with Gasteiger partial charge >= 0.3 is 26.0 Å². The molecule has 3 amide bonds. The Balaban J connectivity index is 1.35. The number of carbonyl (C=O) groups excluding carboxylic acids is 4. The van der Waals surface area contributed by atoms with Gasteiger partial charge in [0.15, 0.2) is 11.3 Å². The van der Waals surface area contributed by atoms with Gasteiger partial charge in [-0.05, 0) is 32.8 Å². The molecular formula is C35H42F2N5O16P. The topological polar surface area (TPSA) is 271 Å². The first kappa shape index (κ1) is 44.5. The lowest BCUT2D eigenvalue weighted by molar-refractivity contribution is -0.138. The van der Waals surface area contributed by atoms with Gasteiger partial charge in [-0.25, -0.2) is 27.5 Å². The number of nitrogens with one attached hydrogen (secondary N) is 1. The molecule has 322 valence electrons. The van der Waals surface area contributed by atoms with Crippen molar-refractivity contribution in [1.29, 1.82) is 0 Å². The van der Waals surface area contributed by atoms with Gasteiger partial charge in [0.25, 0.3) is 11.8 Å². The number of carboxylic acid groups (broad SMARTS) is 1. The van der Waals surface area contributed by atoms with E-state index in [0.717, 1.165) is 12.1 Å². The first-order chi connectivity index (χ1) is 27.6. The van der Waals surface area contributed by atoms with Crippen LogP contribution in [0.5, 0.6) is 5.75 Å². The second-order valence-corrected chi connectivity index (χ2v) is 16.1. The summed E-state index contributed by atoms with van der Waals surface area (Å²) in [5.74, 6) is -5.53. The molecule has 3 aliphatic rings. The van der Waals surface area contributed by atoms with Gasteiger partial charge in [-0.1, -0.05) is 25.1 Å². The van der Waals surface area contributed by atoms with E-state index in [4.69, 9.17) is 28.8 Å². The molecule has 1 unspecified atom stereocenters. The van der Waals surface area contributed by atoms with Crippen molar-refractivity contribution in [2.45, 2.75) is 71.2 Å². The van der Waals surface area contributed by atoms with Gasteiger partial charge in [0.2, 0.25) is 24.8 Å². The highest BCUT2D eigenvalue weighted by molar-refractivity contribution is 7.46. The van der Waals surface area contributed by atoms with Crippen LogP contribution < -0.4 is 15.5 Å². The van der Waals surface area contributed by atoms with E-state index in [9.17, 15) is 47.2 Å². The molecule has 1 aromatic heterocycles. The molecule has 2 bridgehead atoms. The Morgan fingerprint density at radius 1 is 1.14 bits per heavy atom. The average molecular weight is 858 g/mol. The van der Waals surface area contributed by atoms with Crippen LogP contribution in [0.25, 0.3) is 0 Å². The minimum absolute atomic E-state index is 0.0822. The molecule has 4 heterocycles. The normalized spacial score (nSPS) is 19.8. The van der Waals surface area contributed by atoms with E-state index in [2.05, 4.69) is 19.7 Å². The molecule has 0 radical (unpaired) electrons. The number of fused-ring (bicyclic) bond motifs is 5. The van der Waals surface area contributed by atoms with Gasteiger partial charge in [0.05, 0.1) is 11.8 Å². The Morgan fingerprint density at radius 3 is 2.51 bits per heavy atom. The Labute approximate surface area is 333 Å². The van der Waals surface area contributed by atoms with Gasteiger partial charge in [-0.3, -0.25) is 24.1 Å². The monoisotopic (exact) mass is 857 g/mol. The number of carboxylic acids is 1. The number of halogens is 2. The molecule has 1 saturated heterocycles. The third kappa shape index (κ3) is 10.7. The molecule has 3 aliphatic heterocycles. The lowest BCUT2D eigenvalue weighted by Gasteiger charge is -2.42. The van der Waals surface area contributed by atoms with Crippen LogP contribution >= 0.6 is 7.82 Å². The maximum Gasteiger partial charge on any atom is 0.511 e. The van der Waals surface area contributed by atoms with Crippen LogP contribution in [-0.4, -0.2) is 116 Å². The second-order valence-electron chi connectivity index (χ2n) is 14.9. The summed E-state index contributed by atoms with van der Waals surface area (Å²) in [4.78, 5) is 104. The van der Waals surface area contributed by atoms with E-state index < -0.39 is 123 Å². The lowest BCUT2D eigenvalue weighted by atomic mass is 9.84. The fourth-order valence-corrected chi connectivity index (χ4v) is 7.11. The van der Waals surface area contributed by atoms with E-state index in [1.165, 1.54) is 24.6 Å². The van der Waals surface area contributed by atoms with E-state index in [-0.39, 0.29) is 23.8 Å². The number of amides is 3. The van der Waals surface area contributed by atoms with Gasteiger partial charge in [-0.15, -0.1) is 0 Å². The van der Waals surface area contributed by atoms with E-state index in [1.54, 1.807) is 11.8 Å². The molecule has 21 nitrogen and oxygen atoms in total. The van der Waals surface area contributed by atoms with E-state index in [1.807, 2.05) is 6.92 Å². The van der Waals surface area contributed by atoms with Crippen molar-refractivity contribution in [1.82, 2.24) is 19.7 Å². The predicted molar refractivity (Wildman–Crippen MR) is 194 cm³/mol. The summed E-state index contributed by atoms with van der Waals surface area (Å²) in [5.41, 5.74) is -3.47. The summed E-state index contributed by atoms with van der Waals surface area (Å²) in [6.45, 7) is 2.15. The Bertz CT molecular complexity index is 2140. The number of nitrogens with zero attached hydrogens (tertiary/aromatic N) is 4. The summed E-state index contributed by atoms with van der Waals surface area (Å²) in [6.07, 6.45) is -0.185. The van der Waals surface area contributed by atoms with Crippen LogP contribution in [0.1, 0.15) is 79.4 Å². The molecule has 5 rings (SSSR count). The third-order valence-corrected chi connectivity index (χ3v) is 10.1. The molecule has 2 aromatic rings. The highest BCUT2D eigenvalue weighted by Gasteiger charge is 2.54. The van der Waals surface area contributed by atoms with Gasteiger partial charge in [0.1, 0.15) is 30.3 Å². The number of phosphoric ester groups is 1. The number of pyridine rings is 1. The van der Waals surface area contributed by atoms with Crippen LogP contribution in [0.3, 0.4) is 0 Å². The molecule has 4 N–H and O–H groups in total. The summed E-state index contributed by atoms with van der Waals surface area (Å²) >= 11 is 0. The van der Waals surface area contributed by atoms with Crippen LogP contribution in [0.15, 0.2) is 34.3 Å². The van der Waals surface area contributed by atoms with Crippen molar-refractivity contribution in [3.8, 4) is 5.75 Å². The molecule has 3 atom stereocenters. The zero-order valence-corrected chi connectivity index (χ0v) is 33.1. The highest BCUT2D eigenvalue weighted by Crippen LogP contribution is 2.46. The summed E-state index contributed by atoms with van der Waals surface area (Å²) in [7, 11) is -5.00. The van der Waals surface area contributed by atoms with Gasteiger partial charge < -0.3 is 53.5 Å². The minimum Gasteiger partial charge on any atom is -0.480 e. The third-order valence-electron chi connectivity index (χ3n) is 9.69. The number of ether oxygens (including phenoxy) is 4. The number of hydrogen-bond acceptors (Lipinski definition) is 14. The van der Waals surface area contributed by atoms with Crippen LogP contribution in [0.4, 0.5) is 18.4 Å². The fraction of sp³-hybridized carbons (Fsp3) is 0.514. The highest BCUT2D eigenvalue weighted by atomic mass is 31.2. The standard InChI is InChI=1S/C35H42F2N5O16P/c1-19-10-35(58-39-19)8-7-20(2)41-13-25(35)42-12-23(30(46)38-11-21-5-6-22(36)9-24(21)37)28(45)29(27(42)31(41)47)54-17-56-33(49)53-16-34(3,4)15-40(14-26(43)44)32(48)55-18-57-59(50,51)52/h5-6,9,12,20,25H,7-8,10-11,13-18H2,1-4H3,(H,38,46)(H,43,44)(H2,50,51,52)/t20-,25?,35-/m0/s1. The Kier molecular flexibility index (Phi) is 13.3. The largest absolute Gasteiger partial charge is 0.511 e. The molecule has 1 fully saturated rings. The van der Waals surface area contributed by atoms with Crippen LogP contribution in [0, 0.1) is 17.0 Å². The van der Waals surface area contributed by atoms with E-state index >= 15 is 0 Å². The number of oxime groups is 1. The fourth-order valence-electron chi connectivity index (χ4n) is 6.92. The summed E-state index contributed by atoms with van der Waals surface area (Å²) in [6, 6.07) is 1.72. The van der Waals surface area contributed by atoms with Crippen molar-refractivity contribution >= 4 is 43.6 Å². The predicted octanol–water partition coefficient (Wildman–Crippen LogP) is 2.88. The molecule has 0 saturated carbocycles. The van der Waals surface area contributed by atoms with E-state index in [0.29, 0.717) is 35.9 Å². The quantitative estimate of drug-likeness (QED) is 0.114. The zero-order chi connectivity index (χ0) is 43.4. The maximum atomic E-state index is 14.4. The Morgan fingerprint density at radius 2 is 1.86 bits per heavy atom. The first-order valence-corrected chi connectivity index (χ1v) is 19.4. The summed E-state index contributed by atoms with van der Waals surface area (Å²) in [5, 5.41) is 15.8. The molecule has 24 heteroatoms. The number of aliphatic carboxylic acids is 1. The number of phosphoric acid groups is 1. The number of benzene rings is 1. The minimum atomic E-state index is -5.00. The number of carbonyl (C=O) groups is 5. The van der Waals surface area contributed by atoms with Crippen molar-refractivity contribution in [3.63, 3.8) is 0 Å². The maximum absolute atomic E-state index is 14.4. The number of hydrogen-bond donors (Lipinski definition) is 4. The Hall–Kier alpha value is -5.64. The molecule has 59 heavy (non-hydrogen) atoms.